The number of hydrogen-bond donors (Lipinski definition) is 1. The molecule has 0 aromatic carbocycles. The minimum Gasteiger partial charge on any atom is -0.349 e. The summed E-state index contributed by atoms with van der Waals surface area (Å²) in [5.41, 5.74) is 0.907. The molecule has 1 aliphatic rings. The molecule has 2 aromatic rings. The van der Waals surface area contributed by atoms with Crippen molar-refractivity contribution >= 4 is 34.5 Å². The normalized spacial score (nSPS) is 17.0. The number of thiazole rings is 1. The van der Waals surface area contributed by atoms with Gasteiger partial charge in [-0.15, -0.1) is 27.8 Å². The van der Waals surface area contributed by atoms with Gasteiger partial charge in [0.05, 0.1) is 17.1 Å². The SMILES string of the molecule is Cc1nc(-c2cccs2)sc1CNC(=O)C1C=CC(=O)N=N1. The highest BCUT2D eigenvalue weighted by molar-refractivity contribution is 7.21. The molecule has 0 spiro atoms. The van der Waals surface area contributed by atoms with E-state index in [1.54, 1.807) is 22.7 Å². The fourth-order valence-electron chi connectivity index (χ4n) is 1.87. The van der Waals surface area contributed by atoms with Crippen LogP contribution < -0.4 is 5.32 Å². The number of aromatic nitrogens is 1. The third-order valence-electron chi connectivity index (χ3n) is 3.02. The molecule has 3 rings (SSSR count). The van der Waals surface area contributed by atoms with Gasteiger partial charge in [-0.1, -0.05) is 6.07 Å². The van der Waals surface area contributed by atoms with Crippen molar-refractivity contribution in [2.75, 3.05) is 0 Å². The summed E-state index contributed by atoms with van der Waals surface area (Å²) in [5.74, 6) is -0.721. The minimum absolute atomic E-state index is 0.280. The number of aryl methyl sites for hydroxylation is 1. The third-order valence-corrected chi connectivity index (χ3v) is 5.21. The van der Waals surface area contributed by atoms with Crippen molar-refractivity contribution in [2.24, 2.45) is 10.2 Å². The fourth-order valence-corrected chi connectivity index (χ4v) is 3.67. The van der Waals surface area contributed by atoms with Crippen molar-refractivity contribution in [1.82, 2.24) is 10.3 Å². The summed E-state index contributed by atoms with van der Waals surface area (Å²) in [7, 11) is 0. The molecule has 1 unspecified atom stereocenters. The van der Waals surface area contributed by atoms with Gasteiger partial charge in [0, 0.05) is 11.0 Å². The first-order chi connectivity index (χ1) is 10.6. The van der Waals surface area contributed by atoms with Gasteiger partial charge in [-0.3, -0.25) is 9.59 Å². The Morgan fingerprint density at radius 1 is 1.45 bits per heavy atom. The van der Waals surface area contributed by atoms with Crippen molar-refractivity contribution in [2.45, 2.75) is 19.5 Å². The second kappa shape index (κ2) is 6.29. The highest BCUT2D eigenvalue weighted by Crippen LogP contribution is 2.30. The molecule has 1 aliphatic heterocycles. The van der Waals surface area contributed by atoms with E-state index in [4.69, 9.17) is 0 Å². The lowest BCUT2D eigenvalue weighted by atomic mass is 10.2. The van der Waals surface area contributed by atoms with Gasteiger partial charge in [0.15, 0.2) is 6.04 Å². The predicted octanol–water partition coefficient (Wildman–Crippen LogP) is 2.71. The van der Waals surface area contributed by atoms with Crippen LogP contribution in [-0.2, 0) is 16.1 Å². The summed E-state index contributed by atoms with van der Waals surface area (Å²) in [4.78, 5) is 29.5. The Bertz CT molecular complexity index is 746. The molecule has 6 nitrogen and oxygen atoms in total. The monoisotopic (exact) mass is 332 g/mol. The molecule has 1 atom stereocenters. The molecule has 2 aromatic heterocycles. The topological polar surface area (TPSA) is 83.8 Å². The van der Waals surface area contributed by atoms with Crippen LogP contribution in [0.4, 0.5) is 0 Å². The summed E-state index contributed by atoms with van der Waals surface area (Å²) < 4.78 is 0. The van der Waals surface area contributed by atoms with Gasteiger partial charge in [0.25, 0.3) is 11.8 Å². The van der Waals surface area contributed by atoms with E-state index in [9.17, 15) is 9.59 Å². The summed E-state index contributed by atoms with van der Waals surface area (Å²) >= 11 is 3.20. The summed E-state index contributed by atoms with van der Waals surface area (Å²) in [6, 6.07) is 3.28. The number of thiophene rings is 1. The van der Waals surface area contributed by atoms with Gasteiger partial charge in [-0.2, -0.15) is 5.11 Å². The molecule has 112 valence electrons. The van der Waals surface area contributed by atoms with Gasteiger partial charge in [0.1, 0.15) is 5.01 Å². The lowest BCUT2D eigenvalue weighted by molar-refractivity contribution is -0.121. The molecule has 0 fully saturated rings. The maximum absolute atomic E-state index is 12.0. The zero-order valence-corrected chi connectivity index (χ0v) is 13.3. The van der Waals surface area contributed by atoms with Crippen molar-refractivity contribution in [3.8, 4) is 9.88 Å². The Kier molecular flexibility index (Phi) is 4.21. The van der Waals surface area contributed by atoms with E-state index in [1.807, 2.05) is 24.4 Å². The van der Waals surface area contributed by atoms with Crippen LogP contribution in [0.1, 0.15) is 10.6 Å². The molecule has 0 bridgehead atoms. The Labute approximate surface area is 134 Å². The van der Waals surface area contributed by atoms with E-state index in [0.717, 1.165) is 20.5 Å². The molecule has 0 saturated heterocycles. The number of nitrogens with one attached hydrogen (secondary N) is 1. The van der Waals surface area contributed by atoms with Crippen molar-refractivity contribution in [3.63, 3.8) is 0 Å². The Balaban J connectivity index is 1.64. The fraction of sp³-hybridized carbons (Fsp3) is 0.214. The second-order valence-electron chi connectivity index (χ2n) is 4.58. The molecule has 3 heterocycles. The first-order valence-electron chi connectivity index (χ1n) is 6.54. The van der Waals surface area contributed by atoms with Crippen molar-refractivity contribution in [3.05, 3.63) is 40.2 Å². The lowest BCUT2D eigenvalue weighted by Crippen LogP contribution is -2.32. The van der Waals surface area contributed by atoms with E-state index in [-0.39, 0.29) is 5.91 Å². The minimum atomic E-state index is -0.734. The van der Waals surface area contributed by atoms with E-state index >= 15 is 0 Å². The molecule has 0 radical (unpaired) electrons. The molecule has 2 amide bonds. The summed E-state index contributed by atoms with van der Waals surface area (Å²) in [6.07, 6.45) is 2.70. The van der Waals surface area contributed by atoms with Crippen LogP contribution >= 0.6 is 22.7 Å². The van der Waals surface area contributed by atoms with E-state index < -0.39 is 11.9 Å². The molecular weight excluding hydrogens is 320 g/mol. The first kappa shape index (κ1) is 14.7. The van der Waals surface area contributed by atoms with Crippen LogP contribution in [0.3, 0.4) is 0 Å². The van der Waals surface area contributed by atoms with Crippen molar-refractivity contribution < 1.29 is 9.59 Å². The quantitative estimate of drug-likeness (QED) is 0.934. The van der Waals surface area contributed by atoms with E-state index in [1.165, 1.54) is 12.2 Å². The van der Waals surface area contributed by atoms with Crippen LogP contribution in [-0.4, -0.2) is 22.8 Å². The smallest absolute Gasteiger partial charge is 0.287 e. The molecule has 0 aliphatic carbocycles. The maximum atomic E-state index is 12.0. The largest absolute Gasteiger partial charge is 0.349 e. The number of nitrogens with zero attached hydrogens (tertiary/aromatic N) is 3. The third kappa shape index (κ3) is 3.18. The van der Waals surface area contributed by atoms with Gasteiger partial charge in [-0.05, 0) is 24.4 Å². The van der Waals surface area contributed by atoms with Gasteiger partial charge < -0.3 is 5.32 Å². The standard InChI is InChI=1S/C14H12N4O2S2/c1-8-11(22-14(16-8)10-3-2-6-21-10)7-15-13(20)9-4-5-12(19)18-17-9/h2-6,9H,7H2,1H3,(H,15,20). The predicted molar refractivity (Wildman–Crippen MR) is 84.8 cm³/mol. The second-order valence-corrected chi connectivity index (χ2v) is 6.61. The maximum Gasteiger partial charge on any atom is 0.287 e. The van der Waals surface area contributed by atoms with Crippen LogP contribution in [0, 0.1) is 6.92 Å². The van der Waals surface area contributed by atoms with Crippen molar-refractivity contribution in [1.29, 1.82) is 0 Å². The number of amides is 2. The molecule has 22 heavy (non-hydrogen) atoms. The molecular formula is C14H12N4O2S2. The Hall–Kier alpha value is -2.19. The average molecular weight is 332 g/mol. The molecule has 0 saturated carbocycles. The van der Waals surface area contributed by atoms with E-state index in [0.29, 0.717) is 6.54 Å². The highest BCUT2D eigenvalue weighted by atomic mass is 32.1. The lowest BCUT2D eigenvalue weighted by Gasteiger charge is -2.09. The van der Waals surface area contributed by atoms with Crippen LogP contribution in [0.5, 0.6) is 0 Å². The highest BCUT2D eigenvalue weighted by Gasteiger charge is 2.19. The molecule has 8 heteroatoms. The van der Waals surface area contributed by atoms with Crippen LogP contribution in [0.25, 0.3) is 9.88 Å². The van der Waals surface area contributed by atoms with Gasteiger partial charge >= 0.3 is 0 Å². The van der Waals surface area contributed by atoms with Gasteiger partial charge in [-0.25, -0.2) is 4.98 Å². The summed E-state index contributed by atoms with van der Waals surface area (Å²) in [5, 5.41) is 12.8. The summed E-state index contributed by atoms with van der Waals surface area (Å²) in [6.45, 7) is 2.31. The van der Waals surface area contributed by atoms with E-state index in [2.05, 4.69) is 20.5 Å². The van der Waals surface area contributed by atoms with Crippen LogP contribution in [0.2, 0.25) is 0 Å². The zero-order chi connectivity index (χ0) is 15.5. The zero-order valence-electron chi connectivity index (χ0n) is 11.6. The number of carbonyl (C=O) groups excluding carboxylic acids is 2. The number of azo groups is 1. The number of rotatable bonds is 4. The number of hydrogen-bond acceptors (Lipinski definition) is 6. The first-order valence-corrected chi connectivity index (χ1v) is 8.24. The Morgan fingerprint density at radius 3 is 3.00 bits per heavy atom. The van der Waals surface area contributed by atoms with Crippen LogP contribution in [0.15, 0.2) is 39.9 Å². The average Bonchev–Trinajstić information content (AvgIpc) is 3.15. The molecule has 1 N–H and O–H groups in total. The van der Waals surface area contributed by atoms with Gasteiger partial charge in [0.2, 0.25) is 0 Å². The Morgan fingerprint density at radius 2 is 2.32 bits per heavy atom. The number of carbonyl (C=O) groups is 2.